The summed E-state index contributed by atoms with van der Waals surface area (Å²) in [5, 5.41) is 3.34. The second-order valence-electron chi connectivity index (χ2n) is 8.23. The fourth-order valence-electron chi connectivity index (χ4n) is 4.38. The average Bonchev–Trinajstić information content (AvgIpc) is 3.26. The van der Waals surface area contributed by atoms with Crippen molar-refractivity contribution in [2.45, 2.75) is 13.5 Å². The Balaban J connectivity index is 1.79. The highest BCUT2D eigenvalue weighted by atomic mass is 16.2. The molecule has 172 valence electrons. The van der Waals surface area contributed by atoms with Crippen LogP contribution in [-0.4, -0.2) is 44.9 Å². The summed E-state index contributed by atoms with van der Waals surface area (Å²) in [6.45, 7) is 5.27. The molecule has 3 heterocycles. The lowest BCUT2D eigenvalue weighted by Crippen LogP contribution is -2.44. The lowest BCUT2D eigenvalue weighted by atomic mass is 10.1. The smallest absolute Gasteiger partial charge is 0.337 e. The molecule has 34 heavy (non-hydrogen) atoms. The van der Waals surface area contributed by atoms with Crippen molar-refractivity contribution in [1.29, 1.82) is 0 Å². The highest BCUT2D eigenvalue weighted by Gasteiger charge is 2.25. The normalized spacial score (nSPS) is 13.6. The standard InChI is InChI=1S/C26H26N6O2/c1-3-4-15-31-22-23(28-25(31)30-16-13-27-14-17-30)32(26(34)29(2)24(22)33)21-12-8-11-20(18-21)19-9-6-5-7-10-19/h5-12,18,27H,13-17H2,1-2H3. The fraction of sp³-hybridized carbons (Fsp3) is 0.269. The van der Waals surface area contributed by atoms with E-state index in [1.165, 1.54) is 11.6 Å². The topological polar surface area (TPSA) is 77.1 Å². The van der Waals surface area contributed by atoms with Crippen molar-refractivity contribution in [3.8, 4) is 28.7 Å². The van der Waals surface area contributed by atoms with Crippen molar-refractivity contribution >= 4 is 17.1 Å². The summed E-state index contributed by atoms with van der Waals surface area (Å²) in [6.07, 6.45) is 0. The lowest BCUT2D eigenvalue weighted by Gasteiger charge is -2.28. The number of rotatable bonds is 4. The molecule has 0 radical (unpaired) electrons. The first kappa shape index (κ1) is 21.7. The maximum absolute atomic E-state index is 13.4. The minimum atomic E-state index is -0.430. The molecule has 0 saturated carbocycles. The molecule has 1 saturated heterocycles. The maximum atomic E-state index is 13.4. The highest BCUT2D eigenvalue weighted by Crippen LogP contribution is 2.25. The Morgan fingerprint density at radius 1 is 1.00 bits per heavy atom. The number of hydrogen-bond acceptors (Lipinski definition) is 5. The Kier molecular flexibility index (Phi) is 5.78. The van der Waals surface area contributed by atoms with E-state index in [0.29, 0.717) is 29.3 Å². The van der Waals surface area contributed by atoms with Crippen molar-refractivity contribution in [3.63, 3.8) is 0 Å². The first-order valence-electron chi connectivity index (χ1n) is 11.3. The summed E-state index contributed by atoms with van der Waals surface area (Å²) in [4.78, 5) is 33.7. The van der Waals surface area contributed by atoms with Gasteiger partial charge < -0.3 is 10.2 Å². The molecule has 2 aromatic carbocycles. The van der Waals surface area contributed by atoms with Crippen LogP contribution in [0.5, 0.6) is 0 Å². The number of fused-ring (bicyclic) bond motifs is 1. The van der Waals surface area contributed by atoms with Crippen molar-refractivity contribution in [3.05, 3.63) is 75.4 Å². The predicted molar refractivity (Wildman–Crippen MR) is 135 cm³/mol. The van der Waals surface area contributed by atoms with Crippen LogP contribution >= 0.6 is 0 Å². The van der Waals surface area contributed by atoms with Crippen LogP contribution in [-0.2, 0) is 13.6 Å². The molecule has 8 nitrogen and oxygen atoms in total. The molecule has 2 aromatic heterocycles. The van der Waals surface area contributed by atoms with Crippen LogP contribution in [0.4, 0.5) is 5.95 Å². The average molecular weight is 455 g/mol. The van der Waals surface area contributed by atoms with Crippen LogP contribution in [0.25, 0.3) is 28.0 Å². The third kappa shape index (κ3) is 3.70. The Labute approximate surface area is 197 Å². The number of hydrogen-bond donors (Lipinski definition) is 1. The van der Waals surface area contributed by atoms with E-state index in [0.717, 1.165) is 41.9 Å². The number of imidazole rings is 1. The first-order valence-corrected chi connectivity index (χ1v) is 11.3. The zero-order valence-corrected chi connectivity index (χ0v) is 19.3. The van der Waals surface area contributed by atoms with E-state index in [1.54, 1.807) is 6.92 Å². The van der Waals surface area contributed by atoms with Gasteiger partial charge in [0.1, 0.15) is 0 Å². The monoisotopic (exact) mass is 454 g/mol. The molecular formula is C26H26N6O2. The number of aromatic nitrogens is 4. The molecule has 0 spiro atoms. The van der Waals surface area contributed by atoms with Gasteiger partial charge in [0.05, 0.1) is 12.2 Å². The highest BCUT2D eigenvalue weighted by molar-refractivity contribution is 5.77. The van der Waals surface area contributed by atoms with Crippen molar-refractivity contribution in [2.75, 3.05) is 31.1 Å². The van der Waals surface area contributed by atoms with Crippen molar-refractivity contribution in [1.82, 2.24) is 24.0 Å². The summed E-state index contributed by atoms with van der Waals surface area (Å²) < 4.78 is 4.53. The first-order chi connectivity index (χ1) is 16.6. The number of nitrogens with zero attached hydrogens (tertiary/aromatic N) is 5. The lowest BCUT2D eigenvalue weighted by molar-refractivity contribution is 0.573. The van der Waals surface area contributed by atoms with Gasteiger partial charge in [-0.3, -0.25) is 13.9 Å². The van der Waals surface area contributed by atoms with Crippen LogP contribution < -0.4 is 21.5 Å². The molecule has 0 bridgehead atoms. The fourth-order valence-corrected chi connectivity index (χ4v) is 4.38. The summed E-state index contributed by atoms with van der Waals surface area (Å²) in [7, 11) is 1.51. The van der Waals surface area contributed by atoms with Crippen molar-refractivity contribution < 1.29 is 0 Å². The van der Waals surface area contributed by atoms with E-state index in [9.17, 15) is 9.59 Å². The van der Waals surface area contributed by atoms with Crippen LogP contribution in [0.3, 0.4) is 0 Å². The number of benzene rings is 2. The molecular weight excluding hydrogens is 428 g/mol. The Morgan fingerprint density at radius 3 is 2.47 bits per heavy atom. The molecule has 8 heteroatoms. The minimum absolute atomic E-state index is 0.323. The predicted octanol–water partition coefficient (Wildman–Crippen LogP) is 1.99. The van der Waals surface area contributed by atoms with Crippen LogP contribution in [0.15, 0.2) is 64.2 Å². The van der Waals surface area contributed by atoms with Crippen LogP contribution in [0.2, 0.25) is 0 Å². The van der Waals surface area contributed by atoms with Gasteiger partial charge in [-0.15, -0.1) is 5.92 Å². The van der Waals surface area contributed by atoms with Gasteiger partial charge in [0.2, 0.25) is 5.95 Å². The molecule has 1 aliphatic heterocycles. The number of nitrogens with one attached hydrogen (secondary N) is 1. The molecule has 0 atom stereocenters. The molecule has 1 N–H and O–H groups in total. The third-order valence-electron chi connectivity index (χ3n) is 6.15. The molecule has 4 aromatic rings. The SMILES string of the molecule is CC#CCn1c(N2CCNCC2)nc2c1c(=O)n(C)c(=O)n2-c1cccc(-c2ccccc2)c1. The van der Waals surface area contributed by atoms with Gasteiger partial charge in [0.25, 0.3) is 5.56 Å². The molecule has 1 aliphatic rings. The van der Waals surface area contributed by atoms with Gasteiger partial charge in [0.15, 0.2) is 11.2 Å². The van der Waals surface area contributed by atoms with E-state index in [4.69, 9.17) is 4.98 Å². The summed E-state index contributed by atoms with van der Waals surface area (Å²) in [5.41, 5.74) is 2.61. The summed E-state index contributed by atoms with van der Waals surface area (Å²) in [6, 6.07) is 17.7. The number of anilines is 1. The summed E-state index contributed by atoms with van der Waals surface area (Å²) >= 11 is 0. The molecule has 0 amide bonds. The van der Waals surface area contributed by atoms with E-state index < -0.39 is 5.69 Å². The van der Waals surface area contributed by atoms with Crippen LogP contribution in [0, 0.1) is 11.8 Å². The van der Waals surface area contributed by atoms with E-state index in [2.05, 4.69) is 22.1 Å². The zero-order chi connectivity index (χ0) is 23.7. The second kappa shape index (κ2) is 9.04. The summed E-state index contributed by atoms with van der Waals surface area (Å²) in [5.74, 6) is 6.64. The van der Waals surface area contributed by atoms with Crippen LogP contribution in [0.1, 0.15) is 6.92 Å². The van der Waals surface area contributed by atoms with E-state index >= 15 is 0 Å². The van der Waals surface area contributed by atoms with Gasteiger partial charge in [-0.25, -0.2) is 9.36 Å². The molecule has 5 rings (SSSR count). The van der Waals surface area contributed by atoms with Crippen molar-refractivity contribution in [2.24, 2.45) is 7.05 Å². The van der Waals surface area contributed by atoms with Gasteiger partial charge in [0, 0.05) is 33.2 Å². The second-order valence-corrected chi connectivity index (χ2v) is 8.23. The minimum Gasteiger partial charge on any atom is -0.340 e. The third-order valence-corrected chi connectivity index (χ3v) is 6.15. The maximum Gasteiger partial charge on any atom is 0.337 e. The van der Waals surface area contributed by atoms with Gasteiger partial charge in [-0.1, -0.05) is 48.4 Å². The Hall–Kier alpha value is -4.09. The quantitative estimate of drug-likeness (QED) is 0.477. The largest absolute Gasteiger partial charge is 0.340 e. The van der Waals surface area contributed by atoms with E-state index in [1.807, 2.05) is 59.2 Å². The van der Waals surface area contributed by atoms with Gasteiger partial charge in [-0.05, 0) is 30.2 Å². The molecule has 0 aliphatic carbocycles. The van der Waals surface area contributed by atoms with E-state index in [-0.39, 0.29) is 5.56 Å². The Morgan fingerprint density at radius 2 is 1.74 bits per heavy atom. The van der Waals surface area contributed by atoms with Gasteiger partial charge >= 0.3 is 5.69 Å². The zero-order valence-electron chi connectivity index (χ0n) is 19.3. The molecule has 1 fully saturated rings. The number of piperazine rings is 1. The van der Waals surface area contributed by atoms with Gasteiger partial charge in [-0.2, -0.15) is 4.98 Å². The molecule has 0 unspecified atom stereocenters. The Bertz CT molecular complexity index is 1530.